The molecule has 0 aromatic heterocycles. The third-order valence-corrected chi connectivity index (χ3v) is 1.61. The van der Waals surface area contributed by atoms with Gasteiger partial charge in [-0.15, -0.1) is 0 Å². The molecule has 0 aromatic carbocycles. The lowest BCUT2D eigenvalue weighted by molar-refractivity contribution is -0.115. The third-order valence-electron chi connectivity index (χ3n) is 1.35. The van der Waals surface area contributed by atoms with Crippen molar-refractivity contribution < 1.29 is 4.79 Å². The quantitative estimate of drug-likeness (QED) is 0.578. The Kier molecular flexibility index (Phi) is 5.32. The molecule has 0 bridgehead atoms. The van der Waals surface area contributed by atoms with Crippen LogP contribution in [0, 0.1) is 0 Å². The Hall–Kier alpha value is -0.300. The average Bonchev–Trinajstić information content (AvgIpc) is 1.91. The van der Waals surface area contributed by atoms with E-state index in [0.29, 0.717) is 6.42 Å². The SMILES string of the molecule is CCCC(=O)/C(=C/Cl)CC. The van der Waals surface area contributed by atoms with Gasteiger partial charge < -0.3 is 0 Å². The second-order valence-corrected chi connectivity index (χ2v) is 2.38. The highest BCUT2D eigenvalue weighted by atomic mass is 35.5. The molecule has 0 saturated heterocycles. The summed E-state index contributed by atoms with van der Waals surface area (Å²) in [7, 11) is 0. The van der Waals surface area contributed by atoms with E-state index in [1.807, 2.05) is 13.8 Å². The van der Waals surface area contributed by atoms with Crippen molar-refractivity contribution in [3.05, 3.63) is 11.1 Å². The van der Waals surface area contributed by atoms with E-state index in [1.165, 1.54) is 5.54 Å². The van der Waals surface area contributed by atoms with Crippen molar-refractivity contribution in [2.75, 3.05) is 0 Å². The molecule has 0 amide bonds. The number of rotatable bonds is 4. The molecule has 0 N–H and O–H groups in total. The number of Topliss-reactive ketones (excluding diaryl/α,β-unsaturated/α-hetero) is 1. The van der Waals surface area contributed by atoms with Crippen LogP contribution in [0.15, 0.2) is 11.1 Å². The molecule has 0 radical (unpaired) electrons. The van der Waals surface area contributed by atoms with Crippen LogP contribution in [0.4, 0.5) is 0 Å². The Morgan fingerprint density at radius 1 is 1.50 bits per heavy atom. The van der Waals surface area contributed by atoms with Crippen molar-refractivity contribution in [1.29, 1.82) is 0 Å². The van der Waals surface area contributed by atoms with E-state index in [1.54, 1.807) is 0 Å². The Labute approximate surface area is 67.1 Å². The Morgan fingerprint density at radius 2 is 2.10 bits per heavy atom. The fraction of sp³-hybridized carbons (Fsp3) is 0.625. The predicted molar refractivity (Wildman–Crippen MR) is 44.1 cm³/mol. The Bertz CT molecular complexity index is 138. The number of halogens is 1. The van der Waals surface area contributed by atoms with E-state index in [-0.39, 0.29) is 5.78 Å². The molecule has 10 heavy (non-hydrogen) atoms. The monoisotopic (exact) mass is 160 g/mol. The minimum absolute atomic E-state index is 0.181. The summed E-state index contributed by atoms with van der Waals surface area (Å²) in [6.07, 6.45) is 2.25. The molecule has 0 aliphatic rings. The molecule has 58 valence electrons. The summed E-state index contributed by atoms with van der Waals surface area (Å²) in [5, 5.41) is 0. The van der Waals surface area contributed by atoms with Gasteiger partial charge in [0.15, 0.2) is 5.78 Å². The number of hydrogen-bond acceptors (Lipinski definition) is 1. The van der Waals surface area contributed by atoms with Crippen LogP contribution in [-0.2, 0) is 4.79 Å². The molecular weight excluding hydrogens is 148 g/mol. The van der Waals surface area contributed by atoms with Gasteiger partial charge in [-0.25, -0.2) is 0 Å². The minimum atomic E-state index is 0.181. The van der Waals surface area contributed by atoms with Crippen LogP contribution in [0.2, 0.25) is 0 Å². The van der Waals surface area contributed by atoms with E-state index < -0.39 is 0 Å². The molecule has 0 unspecified atom stereocenters. The molecular formula is C8H13ClO. The molecule has 0 heterocycles. The van der Waals surface area contributed by atoms with Crippen LogP contribution in [-0.4, -0.2) is 5.78 Å². The maximum absolute atomic E-state index is 11.1. The van der Waals surface area contributed by atoms with Crippen LogP contribution in [0.1, 0.15) is 33.1 Å². The maximum atomic E-state index is 11.1. The van der Waals surface area contributed by atoms with Gasteiger partial charge in [-0.3, -0.25) is 4.79 Å². The van der Waals surface area contributed by atoms with Crippen molar-refractivity contribution in [3.8, 4) is 0 Å². The van der Waals surface area contributed by atoms with Crippen LogP contribution >= 0.6 is 11.6 Å². The number of hydrogen-bond donors (Lipinski definition) is 0. The van der Waals surface area contributed by atoms with E-state index >= 15 is 0 Å². The number of carbonyl (C=O) groups excluding carboxylic acids is 1. The minimum Gasteiger partial charge on any atom is -0.295 e. The summed E-state index contributed by atoms with van der Waals surface area (Å²) < 4.78 is 0. The standard InChI is InChI=1S/C8H13ClO/c1-3-5-8(10)7(4-2)6-9/h6H,3-5H2,1-2H3/b7-6+. The first kappa shape index (κ1) is 9.70. The van der Waals surface area contributed by atoms with Crippen molar-refractivity contribution in [1.82, 2.24) is 0 Å². The topological polar surface area (TPSA) is 17.1 Å². The van der Waals surface area contributed by atoms with E-state index in [4.69, 9.17) is 11.6 Å². The maximum Gasteiger partial charge on any atom is 0.159 e. The van der Waals surface area contributed by atoms with Gasteiger partial charge >= 0.3 is 0 Å². The first-order chi connectivity index (χ1) is 4.76. The van der Waals surface area contributed by atoms with Crippen molar-refractivity contribution in [2.45, 2.75) is 33.1 Å². The van der Waals surface area contributed by atoms with Crippen LogP contribution in [0.3, 0.4) is 0 Å². The van der Waals surface area contributed by atoms with Gasteiger partial charge in [0.05, 0.1) is 0 Å². The first-order valence-corrected chi connectivity index (χ1v) is 4.02. The Balaban J connectivity index is 3.91. The average molecular weight is 161 g/mol. The molecule has 0 aromatic rings. The van der Waals surface area contributed by atoms with Crippen molar-refractivity contribution in [3.63, 3.8) is 0 Å². The second-order valence-electron chi connectivity index (χ2n) is 2.16. The summed E-state index contributed by atoms with van der Waals surface area (Å²) in [6.45, 7) is 3.92. The summed E-state index contributed by atoms with van der Waals surface area (Å²) in [5.41, 5.74) is 2.13. The fourth-order valence-corrected chi connectivity index (χ4v) is 0.999. The first-order valence-electron chi connectivity index (χ1n) is 3.58. The van der Waals surface area contributed by atoms with Gasteiger partial charge in [0.2, 0.25) is 0 Å². The lowest BCUT2D eigenvalue weighted by Crippen LogP contribution is -1.99. The van der Waals surface area contributed by atoms with Crippen molar-refractivity contribution in [2.24, 2.45) is 0 Å². The normalized spacial score (nSPS) is 11.7. The summed E-state index contributed by atoms with van der Waals surface area (Å²) in [5.74, 6) is 0.181. The predicted octanol–water partition coefficient (Wildman–Crippen LogP) is 2.89. The number of carbonyl (C=O) groups is 1. The smallest absolute Gasteiger partial charge is 0.159 e. The zero-order valence-electron chi connectivity index (χ0n) is 6.48. The van der Waals surface area contributed by atoms with E-state index in [2.05, 4.69) is 0 Å². The summed E-state index contributed by atoms with van der Waals surface area (Å²) >= 11 is 5.42. The van der Waals surface area contributed by atoms with Gasteiger partial charge in [0.1, 0.15) is 0 Å². The fourth-order valence-electron chi connectivity index (χ4n) is 0.723. The second kappa shape index (κ2) is 5.48. The van der Waals surface area contributed by atoms with E-state index in [0.717, 1.165) is 18.4 Å². The van der Waals surface area contributed by atoms with Crippen molar-refractivity contribution >= 4 is 17.4 Å². The van der Waals surface area contributed by atoms with Gasteiger partial charge in [-0.05, 0) is 12.8 Å². The largest absolute Gasteiger partial charge is 0.295 e. The molecule has 0 aliphatic heterocycles. The van der Waals surface area contributed by atoms with Gasteiger partial charge in [0.25, 0.3) is 0 Å². The lowest BCUT2D eigenvalue weighted by atomic mass is 10.1. The molecule has 0 spiro atoms. The van der Waals surface area contributed by atoms with Gasteiger partial charge in [0, 0.05) is 17.5 Å². The number of ketones is 1. The zero-order valence-corrected chi connectivity index (χ0v) is 7.24. The molecule has 1 nitrogen and oxygen atoms in total. The highest BCUT2D eigenvalue weighted by Crippen LogP contribution is 2.07. The molecule has 0 fully saturated rings. The van der Waals surface area contributed by atoms with Crippen LogP contribution < -0.4 is 0 Å². The zero-order chi connectivity index (χ0) is 7.98. The summed E-state index contributed by atoms with van der Waals surface area (Å²) in [4.78, 5) is 11.1. The number of allylic oxidation sites excluding steroid dienone is 1. The molecule has 0 atom stereocenters. The molecule has 2 heteroatoms. The molecule has 0 saturated carbocycles. The van der Waals surface area contributed by atoms with E-state index in [9.17, 15) is 4.79 Å². The highest BCUT2D eigenvalue weighted by molar-refractivity contribution is 6.27. The highest BCUT2D eigenvalue weighted by Gasteiger charge is 2.03. The molecule has 0 aliphatic carbocycles. The van der Waals surface area contributed by atoms with Gasteiger partial charge in [-0.2, -0.15) is 0 Å². The molecule has 0 rings (SSSR count). The Morgan fingerprint density at radius 3 is 2.40 bits per heavy atom. The van der Waals surface area contributed by atoms with Crippen LogP contribution in [0.5, 0.6) is 0 Å². The van der Waals surface area contributed by atoms with Gasteiger partial charge in [-0.1, -0.05) is 25.4 Å². The van der Waals surface area contributed by atoms with Crippen LogP contribution in [0.25, 0.3) is 0 Å². The third kappa shape index (κ3) is 3.02. The summed E-state index contributed by atoms with van der Waals surface area (Å²) in [6, 6.07) is 0. The lowest BCUT2D eigenvalue weighted by Gasteiger charge is -1.98.